The number of hydrogen-bond donors (Lipinski definition) is 2. The van der Waals surface area contributed by atoms with Gasteiger partial charge in [-0.2, -0.15) is 0 Å². The first-order valence-corrected chi connectivity index (χ1v) is 8.86. The zero-order chi connectivity index (χ0) is 19.1. The average molecular weight is 362 g/mol. The number of carbonyl (C=O) groups excluding carboxylic acids is 3. The Kier molecular flexibility index (Phi) is 7.00. The quantitative estimate of drug-likeness (QED) is 0.758. The maximum atomic E-state index is 12.0. The van der Waals surface area contributed by atoms with E-state index in [1.54, 1.807) is 0 Å². The Morgan fingerprint density at radius 3 is 2.38 bits per heavy atom. The molecule has 3 amide bonds. The molecule has 1 aromatic carbocycles. The van der Waals surface area contributed by atoms with Crippen LogP contribution in [-0.4, -0.2) is 36.7 Å². The molecule has 0 heterocycles. The van der Waals surface area contributed by atoms with E-state index in [2.05, 4.69) is 10.6 Å². The van der Waals surface area contributed by atoms with Crippen LogP contribution in [0, 0.1) is 13.8 Å². The first-order chi connectivity index (χ1) is 12.4. The molecule has 0 bridgehead atoms. The molecule has 0 aliphatic heterocycles. The predicted octanol–water partition coefficient (Wildman–Crippen LogP) is 2.38. The zero-order valence-corrected chi connectivity index (χ0v) is 15.5. The lowest BCUT2D eigenvalue weighted by atomic mass is 10.1. The van der Waals surface area contributed by atoms with Crippen molar-refractivity contribution in [1.29, 1.82) is 0 Å². The summed E-state index contributed by atoms with van der Waals surface area (Å²) in [5.41, 5.74) is 1.82. The summed E-state index contributed by atoms with van der Waals surface area (Å²) in [5.74, 6) is -0.718. The van der Waals surface area contributed by atoms with Crippen LogP contribution >= 0.6 is 0 Å². The molecule has 7 nitrogen and oxygen atoms in total. The van der Waals surface area contributed by atoms with E-state index < -0.39 is 24.0 Å². The number of rotatable bonds is 6. The first kappa shape index (κ1) is 19.8. The van der Waals surface area contributed by atoms with Crippen molar-refractivity contribution in [2.75, 3.05) is 6.61 Å². The molecular formula is C19H26N2O5. The monoisotopic (exact) mass is 362 g/mol. The normalized spacial score (nSPS) is 15.2. The molecule has 1 saturated carbocycles. The third kappa shape index (κ3) is 5.75. The van der Waals surface area contributed by atoms with Crippen molar-refractivity contribution in [1.82, 2.24) is 10.6 Å². The Hall–Kier alpha value is -2.57. The van der Waals surface area contributed by atoms with Gasteiger partial charge in [-0.15, -0.1) is 0 Å². The summed E-state index contributed by atoms with van der Waals surface area (Å²) in [5, 5.41) is 4.94. The van der Waals surface area contributed by atoms with Crippen molar-refractivity contribution >= 4 is 17.9 Å². The molecule has 7 heteroatoms. The van der Waals surface area contributed by atoms with E-state index in [1.165, 1.54) is 6.92 Å². The predicted molar refractivity (Wildman–Crippen MR) is 95.9 cm³/mol. The fourth-order valence-electron chi connectivity index (χ4n) is 2.95. The van der Waals surface area contributed by atoms with Gasteiger partial charge >= 0.3 is 12.0 Å². The van der Waals surface area contributed by atoms with Crippen LogP contribution in [0.3, 0.4) is 0 Å². The second kappa shape index (κ2) is 9.22. The smallest absolute Gasteiger partial charge is 0.344 e. The topological polar surface area (TPSA) is 93.7 Å². The highest BCUT2D eigenvalue weighted by atomic mass is 16.6. The number of aryl methyl sites for hydroxylation is 2. The summed E-state index contributed by atoms with van der Waals surface area (Å²) in [7, 11) is 0. The largest absolute Gasteiger partial charge is 0.481 e. The Morgan fingerprint density at radius 2 is 1.77 bits per heavy atom. The van der Waals surface area contributed by atoms with Crippen LogP contribution in [0.1, 0.15) is 43.7 Å². The van der Waals surface area contributed by atoms with Crippen molar-refractivity contribution in [3.8, 4) is 5.75 Å². The molecule has 0 unspecified atom stereocenters. The number of carbonyl (C=O) groups is 3. The molecule has 1 atom stereocenters. The van der Waals surface area contributed by atoms with Gasteiger partial charge in [0, 0.05) is 6.04 Å². The fraction of sp³-hybridized carbons (Fsp3) is 0.526. The summed E-state index contributed by atoms with van der Waals surface area (Å²) in [6, 6.07) is 5.21. The number of para-hydroxylation sites is 1. The van der Waals surface area contributed by atoms with Gasteiger partial charge in [-0.25, -0.2) is 9.59 Å². The van der Waals surface area contributed by atoms with Gasteiger partial charge < -0.3 is 14.8 Å². The second-order valence-electron chi connectivity index (χ2n) is 6.59. The molecule has 0 saturated heterocycles. The van der Waals surface area contributed by atoms with Crippen molar-refractivity contribution in [2.24, 2.45) is 0 Å². The number of amides is 3. The fourth-order valence-corrected chi connectivity index (χ4v) is 2.95. The van der Waals surface area contributed by atoms with Gasteiger partial charge in [0.05, 0.1) is 0 Å². The molecule has 1 aliphatic carbocycles. The van der Waals surface area contributed by atoms with Crippen molar-refractivity contribution in [2.45, 2.75) is 58.6 Å². The van der Waals surface area contributed by atoms with E-state index in [4.69, 9.17) is 9.47 Å². The number of nitrogens with one attached hydrogen (secondary N) is 2. The standard InChI is InChI=1S/C19H26N2O5/c1-12-7-6-8-13(2)17(12)25-11-16(22)26-14(3)18(23)21-19(24)20-15-9-4-5-10-15/h6-8,14-15H,4-5,9-11H2,1-3H3,(H2,20,21,23,24)/t14-/m1/s1. The number of imide groups is 1. The molecule has 26 heavy (non-hydrogen) atoms. The number of ether oxygens (including phenoxy) is 2. The first-order valence-electron chi connectivity index (χ1n) is 8.86. The molecule has 2 N–H and O–H groups in total. The van der Waals surface area contributed by atoms with Crippen LogP contribution in [-0.2, 0) is 14.3 Å². The third-order valence-corrected chi connectivity index (χ3v) is 4.35. The third-order valence-electron chi connectivity index (χ3n) is 4.35. The van der Waals surface area contributed by atoms with Crippen LogP contribution in [0.2, 0.25) is 0 Å². The van der Waals surface area contributed by atoms with E-state index in [9.17, 15) is 14.4 Å². The highest BCUT2D eigenvalue weighted by Gasteiger charge is 2.23. The summed E-state index contributed by atoms with van der Waals surface area (Å²) >= 11 is 0. The molecule has 0 aromatic heterocycles. The lowest BCUT2D eigenvalue weighted by Crippen LogP contribution is -2.47. The summed E-state index contributed by atoms with van der Waals surface area (Å²) in [6.45, 7) is 4.87. The van der Waals surface area contributed by atoms with Gasteiger partial charge in [0.1, 0.15) is 5.75 Å². The van der Waals surface area contributed by atoms with Gasteiger partial charge in [-0.3, -0.25) is 10.1 Å². The van der Waals surface area contributed by atoms with Gasteiger partial charge in [-0.05, 0) is 44.7 Å². The Morgan fingerprint density at radius 1 is 1.15 bits per heavy atom. The average Bonchev–Trinajstić information content (AvgIpc) is 3.07. The van der Waals surface area contributed by atoms with E-state index in [0.717, 1.165) is 36.8 Å². The zero-order valence-electron chi connectivity index (χ0n) is 15.5. The highest BCUT2D eigenvalue weighted by molar-refractivity contribution is 5.97. The highest BCUT2D eigenvalue weighted by Crippen LogP contribution is 2.22. The number of urea groups is 1. The summed E-state index contributed by atoms with van der Waals surface area (Å²) in [6.07, 6.45) is 2.91. The van der Waals surface area contributed by atoms with Gasteiger partial charge in [0.2, 0.25) is 0 Å². The van der Waals surface area contributed by atoms with E-state index >= 15 is 0 Å². The van der Waals surface area contributed by atoms with Crippen molar-refractivity contribution < 1.29 is 23.9 Å². The van der Waals surface area contributed by atoms with Gasteiger partial charge in [-0.1, -0.05) is 31.0 Å². The van der Waals surface area contributed by atoms with Gasteiger partial charge in [0.25, 0.3) is 5.91 Å². The van der Waals surface area contributed by atoms with Crippen LogP contribution < -0.4 is 15.4 Å². The minimum atomic E-state index is -1.08. The molecule has 1 aromatic rings. The number of hydrogen-bond acceptors (Lipinski definition) is 5. The van der Waals surface area contributed by atoms with Crippen molar-refractivity contribution in [3.63, 3.8) is 0 Å². The van der Waals surface area contributed by atoms with Crippen LogP contribution in [0.15, 0.2) is 18.2 Å². The molecule has 2 rings (SSSR count). The van der Waals surface area contributed by atoms with E-state index in [0.29, 0.717) is 5.75 Å². The molecule has 1 fully saturated rings. The molecule has 0 radical (unpaired) electrons. The van der Waals surface area contributed by atoms with E-state index in [1.807, 2.05) is 32.0 Å². The summed E-state index contributed by atoms with van der Waals surface area (Å²) in [4.78, 5) is 35.6. The molecule has 1 aliphatic rings. The lowest BCUT2D eigenvalue weighted by Gasteiger charge is -2.16. The molecule has 142 valence electrons. The SMILES string of the molecule is Cc1cccc(C)c1OCC(=O)O[C@H](C)C(=O)NC(=O)NC1CCCC1. The maximum absolute atomic E-state index is 12.0. The van der Waals surface area contributed by atoms with E-state index in [-0.39, 0.29) is 12.6 Å². The molecular weight excluding hydrogens is 336 g/mol. The Bertz CT molecular complexity index is 648. The van der Waals surface area contributed by atoms with Crippen molar-refractivity contribution in [3.05, 3.63) is 29.3 Å². The maximum Gasteiger partial charge on any atom is 0.344 e. The Labute approximate surface area is 153 Å². The second-order valence-corrected chi connectivity index (χ2v) is 6.59. The minimum Gasteiger partial charge on any atom is -0.481 e. The lowest BCUT2D eigenvalue weighted by molar-refractivity contribution is -0.156. The van der Waals surface area contributed by atoms with Crippen LogP contribution in [0.5, 0.6) is 5.75 Å². The van der Waals surface area contributed by atoms with Crippen LogP contribution in [0.4, 0.5) is 4.79 Å². The van der Waals surface area contributed by atoms with Crippen LogP contribution in [0.25, 0.3) is 0 Å². The number of benzene rings is 1. The minimum absolute atomic E-state index is 0.103. The van der Waals surface area contributed by atoms with Gasteiger partial charge in [0.15, 0.2) is 12.7 Å². The number of esters is 1. The Balaban J connectivity index is 1.75. The summed E-state index contributed by atoms with van der Waals surface area (Å²) < 4.78 is 10.5. The molecule has 0 spiro atoms.